The predicted molar refractivity (Wildman–Crippen MR) is 53.3 cm³/mol. The van der Waals surface area contributed by atoms with Crippen LogP contribution in [-0.2, 0) is 4.79 Å². The van der Waals surface area contributed by atoms with Crippen molar-refractivity contribution in [3.8, 4) is 11.5 Å². The largest absolute Gasteiger partial charge is 0.482 e. The summed E-state index contributed by atoms with van der Waals surface area (Å²) in [4.78, 5) is 11.3. The van der Waals surface area contributed by atoms with Gasteiger partial charge in [0.1, 0.15) is 6.10 Å². The van der Waals surface area contributed by atoms with E-state index in [1.165, 1.54) is 0 Å². The van der Waals surface area contributed by atoms with Crippen molar-refractivity contribution in [2.75, 3.05) is 0 Å². The number of rotatable bonds is 1. The zero-order valence-electron chi connectivity index (χ0n) is 8.27. The number of nitrogens with two attached hydrogens (primary N) is 1. The first-order valence-corrected chi connectivity index (χ1v) is 4.65. The van der Waals surface area contributed by atoms with Crippen LogP contribution in [0.4, 0.5) is 0 Å². The summed E-state index contributed by atoms with van der Waals surface area (Å²) in [6.45, 7) is 1.76. The Hall–Kier alpha value is -1.75. The summed E-state index contributed by atoms with van der Waals surface area (Å²) in [7, 11) is 0. The second kappa shape index (κ2) is 3.78. The van der Waals surface area contributed by atoms with E-state index in [9.17, 15) is 4.79 Å². The maximum absolute atomic E-state index is 11.3. The van der Waals surface area contributed by atoms with Crippen molar-refractivity contribution in [1.29, 1.82) is 0 Å². The molecule has 0 radical (unpaired) electrons. The molecule has 15 heavy (non-hydrogen) atoms. The first kappa shape index (κ1) is 9.79. The summed E-state index contributed by atoms with van der Waals surface area (Å²) in [6, 6.07) is 7.20. The van der Waals surface area contributed by atoms with E-state index < -0.39 is 12.0 Å². The molecule has 0 saturated heterocycles. The second-order valence-corrected chi connectivity index (χ2v) is 3.32. The third-order valence-electron chi connectivity index (χ3n) is 2.24. The van der Waals surface area contributed by atoms with Crippen LogP contribution in [0.1, 0.15) is 6.92 Å². The molecule has 1 aromatic rings. The molecule has 5 nitrogen and oxygen atoms in total. The Labute approximate surface area is 87.1 Å². The number of para-hydroxylation sites is 2. The van der Waals surface area contributed by atoms with Crippen LogP contribution < -0.4 is 20.7 Å². The number of benzene rings is 1. The Balaban J connectivity index is 2.25. The molecule has 2 atom stereocenters. The molecule has 0 aromatic heterocycles. The third-order valence-corrected chi connectivity index (χ3v) is 2.24. The van der Waals surface area contributed by atoms with E-state index >= 15 is 0 Å². The molecule has 0 bridgehead atoms. The summed E-state index contributed by atoms with van der Waals surface area (Å²) in [5.74, 6) is 5.86. The van der Waals surface area contributed by atoms with Gasteiger partial charge in [-0.25, -0.2) is 5.84 Å². The highest BCUT2D eigenvalue weighted by Crippen LogP contribution is 2.33. The molecule has 0 unspecified atom stereocenters. The molecule has 80 valence electrons. The smallest absolute Gasteiger partial charge is 0.278 e. The van der Waals surface area contributed by atoms with Crippen molar-refractivity contribution in [1.82, 2.24) is 5.43 Å². The van der Waals surface area contributed by atoms with Crippen LogP contribution in [0.3, 0.4) is 0 Å². The number of nitrogens with one attached hydrogen (secondary N) is 1. The van der Waals surface area contributed by atoms with E-state index in [2.05, 4.69) is 5.43 Å². The highest BCUT2D eigenvalue weighted by atomic mass is 16.6. The van der Waals surface area contributed by atoms with Gasteiger partial charge in [-0.15, -0.1) is 0 Å². The first-order chi connectivity index (χ1) is 7.22. The molecule has 0 spiro atoms. The number of ether oxygens (including phenoxy) is 2. The van der Waals surface area contributed by atoms with Gasteiger partial charge < -0.3 is 9.47 Å². The number of hydrogen-bond acceptors (Lipinski definition) is 4. The zero-order chi connectivity index (χ0) is 10.8. The van der Waals surface area contributed by atoms with Crippen molar-refractivity contribution >= 4 is 5.91 Å². The molecule has 2 rings (SSSR count). The molecule has 1 aliphatic rings. The van der Waals surface area contributed by atoms with Gasteiger partial charge in [-0.1, -0.05) is 12.1 Å². The Bertz CT molecular complexity index is 381. The molecular weight excluding hydrogens is 196 g/mol. The highest BCUT2D eigenvalue weighted by Gasteiger charge is 2.33. The molecule has 3 N–H and O–H groups in total. The van der Waals surface area contributed by atoms with Gasteiger partial charge in [-0.3, -0.25) is 10.2 Å². The van der Waals surface area contributed by atoms with Crippen molar-refractivity contribution < 1.29 is 14.3 Å². The molecule has 1 aliphatic heterocycles. The summed E-state index contributed by atoms with van der Waals surface area (Å²) < 4.78 is 11.0. The first-order valence-electron chi connectivity index (χ1n) is 4.65. The Morgan fingerprint density at radius 3 is 2.53 bits per heavy atom. The fourth-order valence-corrected chi connectivity index (χ4v) is 1.49. The minimum absolute atomic E-state index is 0.358. The predicted octanol–water partition coefficient (Wildman–Crippen LogP) is 0.205. The quantitative estimate of drug-likeness (QED) is 0.393. The van der Waals surface area contributed by atoms with E-state index in [-0.39, 0.29) is 6.10 Å². The van der Waals surface area contributed by atoms with E-state index in [1.807, 2.05) is 12.1 Å². The summed E-state index contributed by atoms with van der Waals surface area (Å²) >= 11 is 0. The number of fused-ring (bicyclic) bond motifs is 1. The fraction of sp³-hybridized carbons (Fsp3) is 0.300. The van der Waals surface area contributed by atoms with Crippen LogP contribution in [0, 0.1) is 0 Å². The number of amides is 1. The van der Waals surface area contributed by atoms with Crippen molar-refractivity contribution in [3.05, 3.63) is 24.3 Å². The summed E-state index contributed by atoms with van der Waals surface area (Å²) in [5, 5.41) is 0. The van der Waals surface area contributed by atoms with Crippen LogP contribution in [0.15, 0.2) is 24.3 Å². The van der Waals surface area contributed by atoms with Crippen LogP contribution in [0.25, 0.3) is 0 Å². The monoisotopic (exact) mass is 208 g/mol. The third kappa shape index (κ3) is 1.73. The van der Waals surface area contributed by atoms with Crippen LogP contribution in [-0.4, -0.2) is 18.1 Å². The molecule has 1 amide bonds. The van der Waals surface area contributed by atoms with Crippen LogP contribution in [0.5, 0.6) is 11.5 Å². The lowest BCUT2D eigenvalue weighted by Crippen LogP contribution is -2.50. The highest BCUT2D eigenvalue weighted by molar-refractivity contribution is 5.81. The molecule has 5 heteroatoms. The molecule has 1 aromatic carbocycles. The topological polar surface area (TPSA) is 73.6 Å². The molecule has 0 aliphatic carbocycles. The Kier molecular flexibility index (Phi) is 2.47. The van der Waals surface area contributed by atoms with Crippen LogP contribution >= 0.6 is 0 Å². The maximum atomic E-state index is 11.3. The lowest BCUT2D eigenvalue weighted by molar-refractivity contribution is -0.133. The standard InChI is InChI=1S/C10H12N2O3/c1-6-9(10(13)12-11)15-8-5-3-2-4-7(8)14-6/h2-6,9H,11H2,1H3,(H,12,13)/t6-,9-/m0/s1. The van der Waals surface area contributed by atoms with Gasteiger partial charge in [0, 0.05) is 0 Å². The van der Waals surface area contributed by atoms with Gasteiger partial charge in [0.15, 0.2) is 11.5 Å². The van der Waals surface area contributed by atoms with E-state index in [4.69, 9.17) is 15.3 Å². The van der Waals surface area contributed by atoms with Gasteiger partial charge >= 0.3 is 0 Å². The van der Waals surface area contributed by atoms with Crippen LogP contribution in [0.2, 0.25) is 0 Å². The van der Waals surface area contributed by atoms with E-state index in [0.29, 0.717) is 11.5 Å². The van der Waals surface area contributed by atoms with Gasteiger partial charge in [0.05, 0.1) is 0 Å². The van der Waals surface area contributed by atoms with Crippen molar-refractivity contribution in [2.45, 2.75) is 19.1 Å². The lowest BCUT2D eigenvalue weighted by Gasteiger charge is -2.30. The average molecular weight is 208 g/mol. The molecule has 0 saturated carbocycles. The van der Waals surface area contributed by atoms with Gasteiger partial charge in [-0.2, -0.15) is 0 Å². The van der Waals surface area contributed by atoms with Gasteiger partial charge in [0.2, 0.25) is 6.10 Å². The number of hydrazine groups is 1. The SMILES string of the molecule is C[C@@H]1Oc2ccccc2O[C@@H]1C(=O)NN. The Morgan fingerprint density at radius 2 is 1.93 bits per heavy atom. The summed E-state index contributed by atoms with van der Waals surface area (Å²) in [5.41, 5.74) is 2.05. The maximum Gasteiger partial charge on any atom is 0.278 e. The number of carbonyl (C=O) groups excluding carboxylic acids is 1. The number of hydrogen-bond donors (Lipinski definition) is 2. The molecular formula is C10H12N2O3. The zero-order valence-corrected chi connectivity index (χ0v) is 8.27. The summed E-state index contributed by atoms with van der Waals surface area (Å²) in [6.07, 6.45) is -1.06. The molecule has 1 heterocycles. The van der Waals surface area contributed by atoms with Gasteiger partial charge in [0.25, 0.3) is 5.91 Å². The van der Waals surface area contributed by atoms with E-state index in [0.717, 1.165) is 0 Å². The lowest BCUT2D eigenvalue weighted by atomic mass is 10.1. The average Bonchev–Trinajstić information content (AvgIpc) is 2.27. The molecule has 0 fully saturated rings. The van der Waals surface area contributed by atoms with E-state index in [1.54, 1.807) is 19.1 Å². The fourth-order valence-electron chi connectivity index (χ4n) is 1.49. The minimum atomic E-state index is -0.704. The number of carbonyl (C=O) groups is 1. The van der Waals surface area contributed by atoms with Crippen molar-refractivity contribution in [3.63, 3.8) is 0 Å². The van der Waals surface area contributed by atoms with Crippen molar-refractivity contribution in [2.24, 2.45) is 5.84 Å². The second-order valence-electron chi connectivity index (χ2n) is 3.32. The van der Waals surface area contributed by atoms with Gasteiger partial charge in [-0.05, 0) is 19.1 Å². The normalized spacial score (nSPS) is 23.3. The minimum Gasteiger partial charge on any atom is -0.482 e. The Morgan fingerprint density at radius 1 is 1.33 bits per heavy atom.